The van der Waals surface area contributed by atoms with Crippen LogP contribution in [-0.4, -0.2) is 47.1 Å². The van der Waals surface area contributed by atoms with Crippen molar-refractivity contribution in [1.29, 1.82) is 0 Å². The molecule has 1 aromatic rings. The molecule has 124 valence electrons. The number of aromatic nitrogens is 1. The number of carbonyl (C=O) groups excluding carboxylic acids is 1. The Morgan fingerprint density at radius 2 is 2.09 bits per heavy atom. The smallest absolute Gasteiger partial charge is 0.237 e. The number of thiazole rings is 1. The highest BCUT2D eigenvalue weighted by atomic mass is 32.1. The first kappa shape index (κ1) is 17.4. The lowest BCUT2D eigenvalue weighted by Gasteiger charge is -2.41. The number of ether oxygens (including phenoxy) is 1. The number of nitrogens with one attached hydrogen (secondary N) is 1. The summed E-state index contributed by atoms with van der Waals surface area (Å²) in [6.45, 7) is 12.4. The van der Waals surface area contributed by atoms with Crippen molar-refractivity contribution in [3.63, 3.8) is 0 Å². The van der Waals surface area contributed by atoms with Gasteiger partial charge in [0.1, 0.15) is 0 Å². The van der Waals surface area contributed by atoms with Gasteiger partial charge in [0, 0.05) is 18.5 Å². The molecule has 5 nitrogen and oxygen atoms in total. The van der Waals surface area contributed by atoms with Gasteiger partial charge in [0.05, 0.1) is 35.5 Å². The number of aryl methyl sites for hydroxylation is 1. The van der Waals surface area contributed by atoms with E-state index in [2.05, 4.69) is 42.9 Å². The first-order chi connectivity index (χ1) is 10.4. The second-order valence-electron chi connectivity index (χ2n) is 6.48. The zero-order valence-corrected chi connectivity index (χ0v) is 14.9. The number of carbonyl (C=O) groups is 1. The van der Waals surface area contributed by atoms with Crippen molar-refractivity contribution < 1.29 is 9.53 Å². The van der Waals surface area contributed by atoms with Crippen LogP contribution in [0.25, 0.3) is 0 Å². The number of amides is 1. The van der Waals surface area contributed by atoms with Crippen molar-refractivity contribution in [2.45, 2.75) is 59.4 Å². The standard InChI is InChI=1S/C16H27N3O2S/c1-10(2)15(19-7-11(3)21-12(4)8-19)16(20)17-6-14-9-22-13(5)18-14/h9-12,15H,6-8H2,1-5H3,(H,17,20)/t11-,12-,15-/m0/s1. The van der Waals surface area contributed by atoms with Crippen LogP contribution in [-0.2, 0) is 16.1 Å². The van der Waals surface area contributed by atoms with Crippen molar-refractivity contribution in [1.82, 2.24) is 15.2 Å². The van der Waals surface area contributed by atoms with Crippen LogP contribution in [0, 0.1) is 12.8 Å². The topological polar surface area (TPSA) is 54.5 Å². The van der Waals surface area contributed by atoms with E-state index in [4.69, 9.17) is 4.74 Å². The summed E-state index contributed by atoms with van der Waals surface area (Å²) in [5.74, 6) is 0.344. The van der Waals surface area contributed by atoms with Gasteiger partial charge in [0.2, 0.25) is 5.91 Å². The van der Waals surface area contributed by atoms with E-state index in [0.29, 0.717) is 6.54 Å². The van der Waals surface area contributed by atoms with Crippen LogP contribution < -0.4 is 5.32 Å². The van der Waals surface area contributed by atoms with Gasteiger partial charge in [-0.25, -0.2) is 4.98 Å². The molecule has 22 heavy (non-hydrogen) atoms. The number of hydrogen-bond acceptors (Lipinski definition) is 5. The van der Waals surface area contributed by atoms with E-state index in [1.165, 1.54) is 0 Å². The van der Waals surface area contributed by atoms with E-state index in [1.54, 1.807) is 11.3 Å². The average molecular weight is 325 g/mol. The van der Waals surface area contributed by atoms with Crippen molar-refractivity contribution in [3.05, 3.63) is 16.1 Å². The Labute approximate surface area is 137 Å². The molecule has 0 aliphatic carbocycles. The Morgan fingerprint density at radius 3 is 2.59 bits per heavy atom. The van der Waals surface area contributed by atoms with Crippen LogP contribution in [0.4, 0.5) is 0 Å². The second-order valence-corrected chi connectivity index (χ2v) is 7.54. The van der Waals surface area contributed by atoms with E-state index in [-0.39, 0.29) is 30.1 Å². The third kappa shape index (κ3) is 4.51. The lowest BCUT2D eigenvalue weighted by molar-refractivity contribution is -0.135. The quantitative estimate of drug-likeness (QED) is 0.902. The van der Waals surface area contributed by atoms with Crippen LogP contribution in [0.2, 0.25) is 0 Å². The number of rotatable bonds is 5. The van der Waals surface area contributed by atoms with Gasteiger partial charge in [-0.3, -0.25) is 9.69 Å². The largest absolute Gasteiger partial charge is 0.373 e. The van der Waals surface area contributed by atoms with E-state index >= 15 is 0 Å². The van der Waals surface area contributed by atoms with Gasteiger partial charge >= 0.3 is 0 Å². The van der Waals surface area contributed by atoms with Crippen molar-refractivity contribution in [2.75, 3.05) is 13.1 Å². The molecule has 1 saturated heterocycles. The van der Waals surface area contributed by atoms with E-state index < -0.39 is 0 Å². The van der Waals surface area contributed by atoms with Crippen molar-refractivity contribution >= 4 is 17.2 Å². The molecule has 0 aromatic carbocycles. The number of morpholine rings is 1. The summed E-state index contributed by atoms with van der Waals surface area (Å²) in [6, 6.07) is -0.117. The van der Waals surface area contributed by atoms with Gasteiger partial charge < -0.3 is 10.1 Å². The minimum absolute atomic E-state index is 0.0851. The fraction of sp³-hybridized carbons (Fsp3) is 0.750. The molecule has 1 N–H and O–H groups in total. The third-order valence-corrected chi connectivity index (χ3v) is 4.67. The molecule has 1 aliphatic heterocycles. The Bertz CT molecular complexity index is 493. The molecule has 0 bridgehead atoms. The molecule has 0 radical (unpaired) electrons. The van der Waals surface area contributed by atoms with Crippen LogP contribution in [0.3, 0.4) is 0 Å². The SMILES string of the molecule is Cc1nc(CNC(=O)[C@H](C(C)C)N2C[C@H](C)O[C@@H](C)C2)cs1. The average Bonchev–Trinajstić information content (AvgIpc) is 2.81. The highest BCUT2D eigenvalue weighted by Crippen LogP contribution is 2.19. The molecule has 3 atom stereocenters. The summed E-state index contributed by atoms with van der Waals surface area (Å²) in [5, 5.41) is 6.07. The lowest BCUT2D eigenvalue weighted by atomic mass is 9.99. The molecule has 0 saturated carbocycles. The van der Waals surface area contributed by atoms with Crippen molar-refractivity contribution in [3.8, 4) is 0 Å². The van der Waals surface area contributed by atoms with Crippen LogP contribution in [0.5, 0.6) is 0 Å². The first-order valence-corrected chi connectivity index (χ1v) is 8.83. The zero-order chi connectivity index (χ0) is 16.3. The van der Waals surface area contributed by atoms with Crippen LogP contribution in [0.1, 0.15) is 38.4 Å². The van der Waals surface area contributed by atoms with Gasteiger partial charge in [-0.15, -0.1) is 11.3 Å². The maximum absolute atomic E-state index is 12.7. The first-order valence-electron chi connectivity index (χ1n) is 7.95. The molecule has 6 heteroatoms. The molecule has 1 fully saturated rings. The maximum atomic E-state index is 12.7. The van der Waals surface area contributed by atoms with Gasteiger partial charge in [0.25, 0.3) is 0 Å². The molecule has 1 amide bonds. The molecule has 0 unspecified atom stereocenters. The third-order valence-electron chi connectivity index (χ3n) is 3.85. The molecular weight excluding hydrogens is 298 g/mol. The monoisotopic (exact) mass is 325 g/mol. The fourth-order valence-corrected chi connectivity index (χ4v) is 3.72. The number of nitrogens with zero attached hydrogens (tertiary/aromatic N) is 2. The number of hydrogen-bond donors (Lipinski definition) is 1. The maximum Gasteiger partial charge on any atom is 0.237 e. The minimum Gasteiger partial charge on any atom is -0.373 e. The van der Waals surface area contributed by atoms with E-state index in [0.717, 1.165) is 23.8 Å². The van der Waals surface area contributed by atoms with Gasteiger partial charge in [-0.1, -0.05) is 13.8 Å². The highest BCUT2D eigenvalue weighted by Gasteiger charge is 2.33. The van der Waals surface area contributed by atoms with E-state index in [1.807, 2.05) is 12.3 Å². The van der Waals surface area contributed by atoms with Crippen molar-refractivity contribution in [2.24, 2.45) is 5.92 Å². The highest BCUT2D eigenvalue weighted by molar-refractivity contribution is 7.09. The summed E-state index contributed by atoms with van der Waals surface area (Å²) in [4.78, 5) is 19.3. The zero-order valence-electron chi connectivity index (χ0n) is 14.1. The van der Waals surface area contributed by atoms with Gasteiger partial charge in [-0.2, -0.15) is 0 Å². The predicted molar refractivity (Wildman–Crippen MR) is 88.9 cm³/mol. The Balaban J connectivity index is 1.98. The molecular formula is C16H27N3O2S. The van der Waals surface area contributed by atoms with E-state index in [9.17, 15) is 4.79 Å². The van der Waals surface area contributed by atoms with Crippen LogP contribution >= 0.6 is 11.3 Å². The Kier molecular flexibility index (Phi) is 5.94. The second kappa shape index (κ2) is 7.53. The minimum atomic E-state index is -0.117. The molecule has 1 aromatic heterocycles. The molecule has 2 rings (SSSR count). The summed E-state index contributed by atoms with van der Waals surface area (Å²) >= 11 is 1.61. The summed E-state index contributed by atoms with van der Waals surface area (Å²) in [7, 11) is 0. The predicted octanol–water partition coefficient (Wildman–Crippen LogP) is 2.20. The fourth-order valence-electron chi connectivity index (χ4n) is 3.11. The molecule has 0 spiro atoms. The molecule has 2 heterocycles. The van der Waals surface area contributed by atoms with Crippen LogP contribution in [0.15, 0.2) is 5.38 Å². The Morgan fingerprint density at radius 1 is 1.45 bits per heavy atom. The lowest BCUT2D eigenvalue weighted by Crippen LogP contribution is -2.56. The Hall–Kier alpha value is -0.980. The summed E-state index contributed by atoms with van der Waals surface area (Å²) < 4.78 is 5.78. The summed E-state index contributed by atoms with van der Waals surface area (Å²) in [6.07, 6.45) is 0.331. The van der Waals surface area contributed by atoms with Gasteiger partial charge in [-0.05, 0) is 26.7 Å². The summed E-state index contributed by atoms with van der Waals surface area (Å²) in [5.41, 5.74) is 0.932. The normalized spacial score (nSPS) is 24.5. The molecule has 1 aliphatic rings. The van der Waals surface area contributed by atoms with Gasteiger partial charge in [0.15, 0.2) is 0 Å².